The number of carbonyl (C=O) groups is 2. The van der Waals surface area contributed by atoms with E-state index in [2.05, 4.69) is 10.3 Å². The summed E-state index contributed by atoms with van der Waals surface area (Å²) in [5, 5.41) is 5.16. The molecule has 0 spiro atoms. The van der Waals surface area contributed by atoms with Gasteiger partial charge in [0.25, 0.3) is 0 Å². The highest BCUT2D eigenvalue weighted by atomic mass is 32.1. The van der Waals surface area contributed by atoms with Crippen molar-refractivity contribution in [1.29, 1.82) is 0 Å². The number of hydrogen-bond acceptors (Lipinski definition) is 4. The number of amides is 2. The number of anilines is 1. The molecule has 1 fully saturated rings. The van der Waals surface area contributed by atoms with Gasteiger partial charge in [-0.05, 0) is 5.56 Å². The molecule has 6 heteroatoms. The molecule has 21 heavy (non-hydrogen) atoms. The maximum Gasteiger partial charge on any atom is 0.232 e. The SMILES string of the molecule is CN1C(=O)CC(C(=O)Nc2nccs2)C1c1ccccc1. The van der Waals surface area contributed by atoms with Gasteiger partial charge in [0.2, 0.25) is 11.8 Å². The molecule has 108 valence electrons. The van der Waals surface area contributed by atoms with Crippen molar-refractivity contribution in [2.24, 2.45) is 5.92 Å². The van der Waals surface area contributed by atoms with Gasteiger partial charge in [-0.2, -0.15) is 0 Å². The normalized spacial score (nSPS) is 21.6. The Hall–Kier alpha value is -2.21. The molecular formula is C15H15N3O2S. The van der Waals surface area contributed by atoms with Crippen molar-refractivity contribution in [3.05, 3.63) is 47.5 Å². The number of carbonyl (C=O) groups excluding carboxylic acids is 2. The Kier molecular flexibility index (Phi) is 3.70. The Morgan fingerprint density at radius 3 is 2.81 bits per heavy atom. The fraction of sp³-hybridized carbons (Fsp3) is 0.267. The van der Waals surface area contributed by atoms with Gasteiger partial charge < -0.3 is 10.2 Å². The average Bonchev–Trinajstić information content (AvgIpc) is 3.09. The maximum atomic E-state index is 12.5. The Labute approximate surface area is 126 Å². The molecule has 1 aliphatic rings. The fourth-order valence-corrected chi connectivity index (χ4v) is 3.23. The van der Waals surface area contributed by atoms with E-state index in [4.69, 9.17) is 0 Å². The van der Waals surface area contributed by atoms with E-state index in [0.29, 0.717) is 5.13 Å². The van der Waals surface area contributed by atoms with E-state index < -0.39 is 5.92 Å². The molecule has 2 aromatic rings. The number of benzene rings is 1. The molecule has 0 bridgehead atoms. The number of nitrogens with zero attached hydrogens (tertiary/aromatic N) is 2. The van der Waals surface area contributed by atoms with Crippen LogP contribution in [-0.2, 0) is 9.59 Å². The van der Waals surface area contributed by atoms with Crippen LogP contribution in [0.3, 0.4) is 0 Å². The van der Waals surface area contributed by atoms with Crippen LogP contribution in [-0.4, -0.2) is 28.7 Å². The Bertz CT molecular complexity index is 642. The molecule has 1 aromatic carbocycles. The van der Waals surface area contributed by atoms with Crippen LogP contribution in [0.25, 0.3) is 0 Å². The smallest absolute Gasteiger partial charge is 0.232 e. The molecule has 0 aliphatic carbocycles. The zero-order valence-corrected chi connectivity index (χ0v) is 12.3. The molecule has 2 unspecified atom stereocenters. The van der Waals surface area contributed by atoms with Gasteiger partial charge in [0.05, 0.1) is 12.0 Å². The maximum absolute atomic E-state index is 12.5. The first kappa shape index (κ1) is 13.8. The summed E-state index contributed by atoms with van der Waals surface area (Å²) in [5.41, 5.74) is 0.977. The molecular weight excluding hydrogens is 286 g/mol. The van der Waals surface area contributed by atoms with E-state index in [1.165, 1.54) is 11.3 Å². The van der Waals surface area contributed by atoms with E-state index >= 15 is 0 Å². The molecule has 0 saturated carbocycles. The van der Waals surface area contributed by atoms with Gasteiger partial charge in [-0.25, -0.2) is 4.98 Å². The van der Waals surface area contributed by atoms with Crippen molar-refractivity contribution in [1.82, 2.24) is 9.88 Å². The molecule has 2 amide bonds. The van der Waals surface area contributed by atoms with E-state index in [-0.39, 0.29) is 24.3 Å². The van der Waals surface area contributed by atoms with Gasteiger partial charge in [0.15, 0.2) is 5.13 Å². The van der Waals surface area contributed by atoms with E-state index in [0.717, 1.165) is 5.56 Å². The molecule has 0 radical (unpaired) electrons. The lowest BCUT2D eigenvalue weighted by Gasteiger charge is -2.24. The summed E-state index contributed by atoms with van der Waals surface area (Å²) in [6, 6.07) is 9.43. The minimum absolute atomic E-state index is 0.0110. The van der Waals surface area contributed by atoms with Gasteiger partial charge in [-0.3, -0.25) is 9.59 Å². The Balaban J connectivity index is 1.85. The summed E-state index contributed by atoms with van der Waals surface area (Å²) < 4.78 is 0. The van der Waals surface area contributed by atoms with Crippen molar-refractivity contribution in [2.75, 3.05) is 12.4 Å². The number of likely N-dealkylation sites (tertiary alicyclic amines) is 1. The second kappa shape index (κ2) is 5.65. The molecule has 2 heterocycles. The molecule has 2 atom stereocenters. The second-order valence-corrected chi connectivity index (χ2v) is 5.89. The average molecular weight is 301 g/mol. The first-order chi connectivity index (χ1) is 10.2. The van der Waals surface area contributed by atoms with Crippen LogP contribution in [0.15, 0.2) is 41.9 Å². The van der Waals surface area contributed by atoms with Crippen molar-refractivity contribution < 1.29 is 9.59 Å². The summed E-state index contributed by atoms with van der Waals surface area (Å²) in [6.07, 6.45) is 1.87. The first-order valence-electron chi connectivity index (χ1n) is 6.68. The van der Waals surface area contributed by atoms with Crippen LogP contribution in [0.2, 0.25) is 0 Å². The third-order valence-corrected chi connectivity index (χ3v) is 4.42. The number of thiazole rings is 1. The Morgan fingerprint density at radius 2 is 2.14 bits per heavy atom. The van der Waals surface area contributed by atoms with Crippen LogP contribution in [0.4, 0.5) is 5.13 Å². The minimum Gasteiger partial charge on any atom is -0.338 e. The quantitative estimate of drug-likeness (QED) is 0.946. The second-order valence-electron chi connectivity index (χ2n) is 5.00. The van der Waals surface area contributed by atoms with Gasteiger partial charge >= 0.3 is 0 Å². The van der Waals surface area contributed by atoms with Gasteiger partial charge in [-0.1, -0.05) is 30.3 Å². The monoisotopic (exact) mass is 301 g/mol. The van der Waals surface area contributed by atoms with Crippen LogP contribution >= 0.6 is 11.3 Å². The molecule has 3 rings (SSSR count). The zero-order valence-electron chi connectivity index (χ0n) is 11.5. The van der Waals surface area contributed by atoms with Crippen LogP contribution in [0.1, 0.15) is 18.0 Å². The number of nitrogens with one attached hydrogen (secondary N) is 1. The standard InChI is InChI=1S/C15H15N3O2S/c1-18-12(19)9-11(13(18)10-5-3-2-4-6-10)14(20)17-15-16-7-8-21-15/h2-8,11,13H,9H2,1H3,(H,16,17,20). The highest BCUT2D eigenvalue weighted by molar-refractivity contribution is 7.13. The topological polar surface area (TPSA) is 62.3 Å². The Morgan fingerprint density at radius 1 is 1.38 bits per heavy atom. The van der Waals surface area contributed by atoms with Crippen LogP contribution in [0, 0.1) is 5.92 Å². The lowest BCUT2D eigenvalue weighted by Crippen LogP contribution is -2.29. The number of aromatic nitrogens is 1. The lowest BCUT2D eigenvalue weighted by atomic mass is 9.93. The predicted octanol–water partition coefficient (Wildman–Crippen LogP) is 2.30. The summed E-state index contributed by atoms with van der Waals surface area (Å²) in [4.78, 5) is 30.2. The summed E-state index contributed by atoms with van der Waals surface area (Å²) >= 11 is 1.37. The predicted molar refractivity (Wildman–Crippen MR) is 80.8 cm³/mol. The van der Waals surface area contributed by atoms with Crippen molar-refractivity contribution in [2.45, 2.75) is 12.5 Å². The summed E-state index contributed by atoms with van der Waals surface area (Å²) in [6.45, 7) is 0. The van der Waals surface area contributed by atoms with Crippen molar-refractivity contribution >= 4 is 28.3 Å². The van der Waals surface area contributed by atoms with Gasteiger partial charge in [0, 0.05) is 25.0 Å². The van der Waals surface area contributed by atoms with Gasteiger partial charge in [-0.15, -0.1) is 11.3 Å². The highest BCUT2D eigenvalue weighted by Crippen LogP contribution is 2.37. The number of rotatable bonds is 3. The van der Waals surface area contributed by atoms with Crippen LogP contribution in [0.5, 0.6) is 0 Å². The molecule has 1 saturated heterocycles. The zero-order chi connectivity index (χ0) is 14.8. The third kappa shape index (κ3) is 2.67. The highest BCUT2D eigenvalue weighted by Gasteiger charge is 2.42. The fourth-order valence-electron chi connectivity index (χ4n) is 2.69. The lowest BCUT2D eigenvalue weighted by molar-refractivity contribution is -0.127. The summed E-state index contributed by atoms with van der Waals surface area (Å²) in [7, 11) is 1.75. The largest absolute Gasteiger partial charge is 0.338 e. The number of hydrogen-bond donors (Lipinski definition) is 1. The molecule has 1 aromatic heterocycles. The third-order valence-electron chi connectivity index (χ3n) is 3.73. The van der Waals surface area contributed by atoms with Crippen molar-refractivity contribution in [3.8, 4) is 0 Å². The van der Waals surface area contributed by atoms with Crippen molar-refractivity contribution in [3.63, 3.8) is 0 Å². The molecule has 1 N–H and O–H groups in total. The first-order valence-corrected chi connectivity index (χ1v) is 7.56. The summed E-state index contributed by atoms with van der Waals surface area (Å²) in [5.74, 6) is -0.562. The molecule has 5 nitrogen and oxygen atoms in total. The van der Waals surface area contributed by atoms with E-state index in [1.54, 1.807) is 23.5 Å². The van der Waals surface area contributed by atoms with Gasteiger partial charge in [0.1, 0.15) is 0 Å². The molecule has 1 aliphatic heterocycles. The van der Waals surface area contributed by atoms with E-state index in [9.17, 15) is 9.59 Å². The van der Waals surface area contributed by atoms with E-state index in [1.807, 2.05) is 30.3 Å². The van der Waals surface area contributed by atoms with Crippen LogP contribution < -0.4 is 5.32 Å². The minimum atomic E-state index is -0.395.